The molecule has 0 radical (unpaired) electrons. The Bertz CT molecular complexity index is 462. The SMILES string of the molecule is COc1csc2ccc(C)c(CCl)c12. The standard InChI is InChI=1S/C11H11ClOS/c1-7-3-4-10-11(8(7)5-12)9(13-2)6-14-10/h3-4,6H,5H2,1-2H3. The van der Waals surface area contributed by atoms with Gasteiger partial charge in [0.1, 0.15) is 5.75 Å². The van der Waals surface area contributed by atoms with Gasteiger partial charge in [0, 0.05) is 21.3 Å². The highest BCUT2D eigenvalue weighted by atomic mass is 35.5. The van der Waals surface area contributed by atoms with Crippen molar-refractivity contribution in [3.05, 3.63) is 28.6 Å². The quantitative estimate of drug-likeness (QED) is 0.705. The Kier molecular flexibility index (Phi) is 2.66. The van der Waals surface area contributed by atoms with Crippen LogP contribution in [0.15, 0.2) is 17.5 Å². The number of alkyl halides is 1. The molecule has 0 saturated heterocycles. The van der Waals surface area contributed by atoms with Gasteiger partial charge >= 0.3 is 0 Å². The second-order valence-electron chi connectivity index (χ2n) is 3.17. The third-order valence-corrected chi connectivity index (χ3v) is 3.60. The van der Waals surface area contributed by atoms with E-state index in [-0.39, 0.29) is 0 Å². The van der Waals surface area contributed by atoms with Crippen molar-refractivity contribution in [2.45, 2.75) is 12.8 Å². The van der Waals surface area contributed by atoms with Crippen LogP contribution in [0.3, 0.4) is 0 Å². The van der Waals surface area contributed by atoms with E-state index in [1.807, 2.05) is 5.38 Å². The second kappa shape index (κ2) is 3.79. The monoisotopic (exact) mass is 226 g/mol. The van der Waals surface area contributed by atoms with Gasteiger partial charge in [-0.25, -0.2) is 0 Å². The summed E-state index contributed by atoms with van der Waals surface area (Å²) in [5.41, 5.74) is 2.41. The van der Waals surface area contributed by atoms with Crippen LogP contribution >= 0.6 is 22.9 Å². The van der Waals surface area contributed by atoms with Crippen LogP contribution in [-0.2, 0) is 5.88 Å². The zero-order valence-electron chi connectivity index (χ0n) is 8.13. The summed E-state index contributed by atoms with van der Waals surface area (Å²) in [5.74, 6) is 1.47. The number of fused-ring (bicyclic) bond motifs is 1. The van der Waals surface area contributed by atoms with Crippen molar-refractivity contribution in [3.8, 4) is 5.75 Å². The summed E-state index contributed by atoms with van der Waals surface area (Å²) < 4.78 is 6.56. The zero-order valence-corrected chi connectivity index (χ0v) is 9.71. The lowest BCUT2D eigenvalue weighted by molar-refractivity contribution is 0.421. The first-order valence-corrected chi connectivity index (χ1v) is 5.79. The molecule has 0 bridgehead atoms. The molecule has 2 aromatic rings. The molecule has 1 nitrogen and oxygen atoms in total. The smallest absolute Gasteiger partial charge is 0.137 e. The topological polar surface area (TPSA) is 9.23 Å². The van der Waals surface area contributed by atoms with Gasteiger partial charge in [0.2, 0.25) is 0 Å². The van der Waals surface area contributed by atoms with Gasteiger partial charge in [-0.05, 0) is 24.1 Å². The van der Waals surface area contributed by atoms with E-state index in [1.165, 1.54) is 21.2 Å². The van der Waals surface area contributed by atoms with E-state index < -0.39 is 0 Å². The van der Waals surface area contributed by atoms with Gasteiger partial charge in [0.25, 0.3) is 0 Å². The van der Waals surface area contributed by atoms with E-state index >= 15 is 0 Å². The number of ether oxygens (including phenoxy) is 1. The molecule has 1 aromatic heterocycles. The number of benzene rings is 1. The fraction of sp³-hybridized carbons (Fsp3) is 0.273. The van der Waals surface area contributed by atoms with E-state index in [0.29, 0.717) is 5.88 Å². The Hall–Kier alpha value is -0.730. The van der Waals surface area contributed by atoms with Crippen molar-refractivity contribution < 1.29 is 4.74 Å². The zero-order chi connectivity index (χ0) is 10.1. The average Bonchev–Trinajstić information content (AvgIpc) is 2.61. The van der Waals surface area contributed by atoms with Crippen LogP contribution in [0.5, 0.6) is 5.75 Å². The summed E-state index contributed by atoms with van der Waals surface area (Å²) in [4.78, 5) is 0. The van der Waals surface area contributed by atoms with Crippen molar-refractivity contribution in [2.24, 2.45) is 0 Å². The molecule has 3 heteroatoms. The third kappa shape index (κ3) is 1.39. The predicted molar refractivity (Wildman–Crippen MR) is 62.7 cm³/mol. The van der Waals surface area contributed by atoms with Crippen molar-refractivity contribution >= 4 is 33.0 Å². The molecule has 0 unspecified atom stereocenters. The van der Waals surface area contributed by atoms with Crippen molar-refractivity contribution in [1.82, 2.24) is 0 Å². The van der Waals surface area contributed by atoms with Crippen molar-refractivity contribution in [2.75, 3.05) is 7.11 Å². The minimum Gasteiger partial charge on any atom is -0.495 e. The van der Waals surface area contributed by atoms with Gasteiger partial charge < -0.3 is 4.74 Å². The van der Waals surface area contributed by atoms with Gasteiger partial charge in [-0.15, -0.1) is 22.9 Å². The Balaban J connectivity index is 2.81. The number of aryl methyl sites for hydroxylation is 1. The largest absolute Gasteiger partial charge is 0.495 e. The molecule has 0 aliphatic heterocycles. The second-order valence-corrected chi connectivity index (χ2v) is 4.35. The molecule has 0 amide bonds. The molecule has 1 heterocycles. The van der Waals surface area contributed by atoms with Crippen LogP contribution < -0.4 is 4.74 Å². The molecular formula is C11H11ClOS. The van der Waals surface area contributed by atoms with E-state index in [9.17, 15) is 0 Å². The first kappa shape index (κ1) is 9.81. The molecule has 2 rings (SSSR count). The molecule has 0 atom stereocenters. The molecule has 0 spiro atoms. The Morgan fingerprint density at radius 3 is 2.86 bits per heavy atom. The van der Waals surface area contributed by atoms with Crippen molar-refractivity contribution in [1.29, 1.82) is 0 Å². The molecule has 74 valence electrons. The summed E-state index contributed by atoms with van der Waals surface area (Å²) >= 11 is 7.64. The molecular weight excluding hydrogens is 216 g/mol. The summed E-state index contributed by atoms with van der Waals surface area (Å²) in [6.07, 6.45) is 0. The summed E-state index contributed by atoms with van der Waals surface area (Å²) in [5, 5.41) is 3.20. The number of methoxy groups -OCH3 is 1. The van der Waals surface area contributed by atoms with Crippen LogP contribution in [0.25, 0.3) is 10.1 Å². The summed E-state index contributed by atoms with van der Waals surface area (Å²) in [6, 6.07) is 4.23. The fourth-order valence-electron chi connectivity index (χ4n) is 1.60. The van der Waals surface area contributed by atoms with Gasteiger partial charge in [-0.2, -0.15) is 0 Å². The molecule has 0 N–H and O–H groups in total. The molecule has 0 aliphatic carbocycles. The molecule has 0 aliphatic rings. The Morgan fingerprint density at radius 1 is 1.43 bits per heavy atom. The molecule has 0 fully saturated rings. The predicted octanol–water partition coefficient (Wildman–Crippen LogP) is 3.96. The minimum atomic E-state index is 0.538. The maximum atomic E-state index is 5.95. The van der Waals surface area contributed by atoms with E-state index in [4.69, 9.17) is 16.3 Å². The number of rotatable bonds is 2. The lowest BCUT2D eigenvalue weighted by Crippen LogP contribution is -1.88. The van der Waals surface area contributed by atoms with Crippen LogP contribution in [0.4, 0.5) is 0 Å². The molecule has 1 aromatic carbocycles. The highest BCUT2D eigenvalue weighted by Crippen LogP contribution is 2.36. The van der Waals surface area contributed by atoms with E-state index in [0.717, 1.165) is 5.75 Å². The van der Waals surface area contributed by atoms with E-state index in [1.54, 1.807) is 18.4 Å². The van der Waals surface area contributed by atoms with Gasteiger partial charge in [-0.3, -0.25) is 0 Å². The highest BCUT2D eigenvalue weighted by Gasteiger charge is 2.10. The van der Waals surface area contributed by atoms with Gasteiger partial charge in [-0.1, -0.05) is 6.07 Å². The molecule has 0 saturated carbocycles. The van der Waals surface area contributed by atoms with Crippen LogP contribution in [0.2, 0.25) is 0 Å². The Labute approximate surface area is 92.3 Å². The minimum absolute atomic E-state index is 0.538. The van der Waals surface area contributed by atoms with Crippen molar-refractivity contribution in [3.63, 3.8) is 0 Å². The summed E-state index contributed by atoms with van der Waals surface area (Å²) in [6.45, 7) is 2.08. The Morgan fingerprint density at radius 2 is 2.21 bits per heavy atom. The fourth-order valence-corrected chi connectivity index (χ4v) is 2.88. The van der Waals surface area contributed by atoms with Gasteiger partial charge in [0.15, 0.2) is 0 Å². The maximum absolute atomic E-state index is 5.95. The first-order chi connectivity index (χ1) is 6.77. The number of halogens is 1. The number of thiophene rings is 1. The lowest BCUT2D eigenvalue weighted by Gasteiger charge is -2.05. The highest BCUT2D eigenvalue weighted by molar-refractivity contribution is 7.17. The molecule has 14 heavy (non-hydrogen) atoms. The van der Waals surface area contributed by atoms with Gasteiger partial charge in [0.05, 0.1) is 7.11 Å². The summed E-state index contributed by atoms with van der Waals surface area (Å²) in [7, 11) is 1.70. The lowest BCUT2D eigenvalue weighted by atomic mass is 10.1. The third-order valence-electron chi connectivity index (χ3n) is 2.40. The normalized spacial score (nSPS) is 10.8. The van der Waals surface area contributed by atoms with Crippen LogP contribution in [0, 0.1) is 6.92 Å². The first-order valence-electron chi connectivity index (χ1n) is 4.37. The van der Waals surface area contributed by atoms with Crippen LogP contribution in [0.1, 0.15) is 11.1 Å². The van der Waals surface area contributed by atoms with Crippen LogP contribution in [-0.4, -0.2) is 7.11 Å². The van der Waals surface area contributed by atoms with E-state index in [2.05, 4.69) is 19.1 Å². The number of hydrogen-bond acceptors (Lipinski definition) is 2. The number of hydrogen-bond donors (Lipinski definition) is 0. The maximum Gasteiger partial charge on any atom is 0.137 e. The average molecular weight is 227 g/mol.